The quantitative estimate of drug-likeness (QED) is 0.0724. The van der Waals surface area contributed by atoms with Crippen molar-refractivity contribution in [2.45, 2.75) is 115 Å². The summed E-state index contributed by atoms with van der Waals surface area (Å²) >= 11 is 0. The summed E-state index contributed by atoms with van der Waals surface area (Å²) in [5, 5.41) is 27.4. The number of primary amides is 1. The number of nitrogens with one attached hydrogen (secondary N) is 7. The van der Waals surface area contributed by atoms with E-state index >= 15 is 0 Å². The van der Waals surface area contributed by atoms with Gasteiger partial charge < -0.3 is 59.5 Å². The SMILES string of the molecule is CC(C)C[C@@H]1NC(=O)[C@H](CCCNC(N)=O)NC(=O)[C@H](CCCCN)NC(=O)[C@H](CC(=O)O)NC(=O)[C@H](CCCCN)NC(=O)CCNC1=O. The third-order valence-corrected chi connectivity index (χ3v) is 7.78. The maximum atomic E-state index is 13.7. The molecule has 0 saturated carbocycles. The molecule has 0 radical (unpaired) electrons. The van der Waals surface area contributed by atoms with Gasteiger partial charge in [-0.05, 0) is 76.8 Å². The van der Waals surface area contributed by atoms with Gasteiger partial charge in [0.25, 0.3) is 0 Å². The molecule has 1 heterocycles. The zero-order valence-electron chi connectivity index (χ0n) is 29.0. The molecule has 19 nitrogen and oxygen atoms in total. The molecule has 1 fully saturated rings. The third-order valence-electron chi connectivity index (χ3n) is 7.78. The first-order valence-electron chi connectivity index (χ1n) is 17.1. The monoisotopic (exact) mass is 712 g/mol. The highest BCUT2D eigenvalue weighted by Gasteiger charge is 2.33. The lowest BCUT2D eigenvalue weighted by atomic mass is 10.0. The van der Waals surface area contributed by atoms with Crippen molar-refractivity contribution >= 4 is 47.4 Å². The summed E-state index contributed by atoms with van der Waals surface area (Å²) in [6.45, 7) is 4.24. The van der Waals surface area contributed by atoms with Gasteiger partial charge in [0.2, 0.25) is 35.4 Å². The molecular formula is C31H56N10O9. The summed E-state index contributed by atoms with van der Waals surface area (Å²) in [6, 6.07) is -7.12. The maximum Gasteiger partial charge on any atom is 0.312 e. The number of carbonyl (C=O) groups excluding carboxylic acids is 7. The number of hydrogen-bond acceptors (Lipinski definition) is 10. The molecule has 5 atom stereocenters. The van der Waals surface area contributed by atoms with Crippen molar-refractivity contribution in [3.05, 3.63) is 0 Å². The number of carbonyl (C=O) groups is 8. The van der Waals surface area contributed by atoms with Crippen LogP contribution in [0.2, 0.25) is 0 Å². The fourth-order valence-electron chi connectivity index (χ4n) is 5.17. The Morgan fingerprint density at radius 3 is 1.64 bits per heavy atom. The molecule has 19 heteroatoms. The molecule has 1 rings (SSSR count). The van der Waals surface area contributed by atoms with Gasteiger partial charge in [0.05, 0.1) is 6.42 Å². The van der Waals surface area contributed by atoms with E-state index in [2.05, 4.69) is 37.2 Å². The fourth-order valence-corrected chi connectivity index (χ4v) is 5.17. The van der Waals surface area contributed by atoms with Crippen LogP contribution in [0.4, 0.5) is 4.79 Å². The van der Waals surface area contributed by atoms with E-state index in [9.17, 15) is 43.5 Å². The van der Waals surface area contributed by atoms with Crippen molar-refractivity contribution in [3.63, 3.8) is 0 Å². The van der Waals surface area contributed by atoms with Crippen LogP contribution in [0.3, 0.4) is 0 Å². The summed E-state index contributed by atoms with van der Waals surface area (Å²) in [7, 11) is 0. The molecule has 8 amide bonds. The highest BCUT2D eigenvalue weighted by molar-refractivity contribution is 5.97. The van der Waals surface area contributed by atoms with Crippen LogP contribution in [-0.4, -0.2) is 109 Å². The van der Waals surface area contributed by atoms with Crippen LogP contribution in [0.1, 0.15) is 84.5 Å². The van der Waals surface area contributed by atoms with Crippen LogP contribution in [0.15, 0.2) is 0 Å². The largest absolute Gasteiger partial charge is 0.481 e. The minimum atomic E-state index is -1.63. The van der Waals surface area contributed by atoms with Crippen LogP contribution < -0.4 is 54.4 Å². The average molecular weight is 713 g/mol. The van der Waals surface area contributed by atoms with Gasteiger partial charge >= 0.3 is 12.0 Å². The maximum absolute atomic E-state index is 13.7. The van der Waals surface area contributed by atoms with E-state index in [1.165, 1.54) is 0 Å². The summed E-state index contributed by atoms with van der Waals surface area (Å²) in [5.74, 6) is -5.91. The minimum absolute atomic E-state index is 0.000744. The van der Waals surface area contributed by atoms with E-state index in [-0.39, 0.29) is 64.1 Å². The highest BCUT2D eigenvalue weighted by Crippen LogP contribution is 2.10. The van der Waals surface area contributed by atoms with Gasteiger partial charge in [0.1, 0.15) is 30.2 Å². The number of unbranched alkanes of at least 4 members (excludes halogenated alkanes) is 2. The molecule has 0 aromatic rings. The molecule has 1 saturated heterocycles. The van der Waals surface area contributed by atoms with Crippen LogP contribution >= 0.6 is 0 Å². The first-order chi connectivity index (χ1) is 23.7. The van der Waals surface area contributed by atoms with Crippen LogP contribution in [0.25, 0.3) is 0 Å². The van der Waals surface area contributed by atoms with E-state index < -0.39 is 84.1 Å². The number of aliphatic carboxylic acids is 1. The molecule has 0 bridgehead atoms. The summed E-state index contributed by atoms with van der Waals surface area (Å²) in [5.41, 5.74) is 16.3. The second kappa shape index (κ2) is 23.8. The zero-order valence-corrected chi connectivity index (χ0v) is 29.0. The van der Waals surface area contributed by atoms with Gasteiger partial charge in [-0.3, -0.25) is 33.6 Å². The molecule has 1 aliphatic heterocycles. The summed E-state index contributed by atoms with van der Waals surface area (Å²) in [6.07, 6.45) is 1.34. The number of rotatable bonds is 16. The smallest absolute Gasteiger partial charge is 0.312 e. The number of carboxylic acids is 1. The number of hydrogen-bond donors (Lipinski definition) is 11. The molecule has 1 aliphatic rings. The van der Waals surface area contributed by atoms with Crippen molar-refractivity contribution in [2.24, 2.45) is 23.1 Å². The van der Waals surface area contributed by atoms with Crippen LogP contribution in [-0.2, 0) is 33.6 Å². The standard InChI is InChI=1S/C31H56N10O9/c1-18(2)16-22-26(45)35-15-11-24(42)37-19(8-3-5-12-32)27(46)41-23(17-25(43)44)30(49)39-20(9-4-6-13-33)28(47)38-21(29(48)40-22)10-7-14-36-31(34)50/h18-23H,3-17,32-33H2,1-2H3,(H,35,45)(H,37,42)(H,38,47)(H,39,49)(H,40,48)(H,41,46)(H,43,44)(H3,34,36,50)/t19-,20-,21-,22-,23-/m0/s1. The minimum Gasteiger partial charge on any atom is -0.481 e. The lowest BCUT2D eigenvalue weighted by Gasteiger charge is -2.27. The van der Waals surface area contributed by atoms with Crippen molar-refractivity contribution < 1.29 is 43.5 Å². The first kappa shape index (κ1) is 43.5. The van der Waals surface area contributed by atoms with Crippen molar-refractivity contribution in [1.82, 2.24) is 37.2 Å². The Hall–Kier alpha value is -4.52. The van der Waals surface area contributed by atoms with Crippen molar-refractivity contribution in [3.8, 4) is 0 Å². The topological polar surface area (TPSA) is 319 Å². The Morgan fingerprint density at radius 2 is 1.16 bits per heavy atom. The Balaban J connectivity index is 3.57. The third kappa shape index (κ3) is 17.8. The van der Waals surface area contributed by atoms with Gasteiger partial charge in [-0.15, -0.1) is 0 Å². The first-order valence-corrected chi connectivity index (χ1v) is 17.1. The Morgan fingerprint density at radius 1 is 0.700 bits per heavy atom. The number of nitrogens with two attached hydrogens (primary N) is 3. The predicted octanol–water partition coefficient (Wildman–Crippen LogP) is -2.84. The molecule has 14 N–H and O–H groups in total. The fraction of sp³-hybridized carbons (Fsp3) is 0.742. The lowest BCUT2D eigenvalue weighted by Crippen LogP contribution is -2.59. The molecule has 0 aliphatic carbocycles. The van der Waals surface area contributed by atoms with E-state index in [1.54, 1.807) is 0 Å². The second-order valence-corrected chi connectivity index (χ2v) is 12.6. The van der Waals surface area contributed by atoms with Crippen molar-refractivity contribution in [1.29, 1.82) is 0 Å². The van der Waals surface area contributed by atoms with Gasteiger partial charge in [-0.25, -0.2) is 4.79 Å². The number of carboxylic acid groups (broad SMARTS) is 1. The van der Waals surface area contributed by atoms with Crippen LogP contribution in [0.5, 0.6) is 0 Å². The molecule has 0 aromatic carbocycles. The molecule has 0 aromatic heterocycles. The van der Waals surface area contributed by atoms with Gasteiger partial charge in [0, 0.05) is 19.5 Å². The van der Waals surface area contributed by atoms with E-state index in [1.807, 2.05) is 13.8 Å². The van der Waals surface area contributed by atoms with Gasteiger partial charge in [-0.2, -0.15) is 0 Å². The average Bonchev–Trinajstić information content (AvgIpc) is 3.03. The van der Waals surface area contributed by atoms with Gasteiger partial charge in [0.15, 0.2) is 0 Å². The van der Waals surface area contributed by atoms with Gasteiger partial charge in [-0.1, -0.05) is 13.8 Å². The van der Waals surface area contributed by atoms with E-state index in [0.717, 1.165) is 0 Å². The Kier molecular flexibility index (Phi) is 20.7. The molecule has 0 spiro atoms. The molecule has 284 valence electrons. The van der Waals surface area contributed by atoms with Crippen molar-refractivity contribution in [2.75, 3.05) is 26.2 Å². The van der Waals surface area contributed by atoms with Crippen LogP contribution in [0, 0.1) is 5.92 Å². The summed E-state index contributed by atoms with van der Waals surface area (Å²) in [4.78, 5) is 103. The Labute approximate surface area is 292 Å². The normalized spacial score (nSPS) is 23.2. The second-order valence-electron chi connectivity index (χ2n) is 12.6. The number of amides is 8. The summed E-state index contributed by atoms with van der Waals surface area (Å²) < 4.78 is 0. The Bertz CT molecular complexity index is 1170. The predicted molar refractivity (Wildman–Crippen MR) is 182 cm³/mol. The molecule has 50 heavy (non-hydrogen) atoms. The molecule has 0 unspecified atom stereocenters. The molecular weight excluding hydrogens is 656 g/mol. The van der Waals surface area contributed by atoms with E-state index in [4.69, 9.17) is 17.2 Å². The lowest BCUT2D eigenvalue weighted by molar-refractivity contribution is -0.141. The number of urea groups is 1. The van der Waals surface area contributed by atoms with E-state index in [0.29, 0.717) is 32.2 Å². The zero-order chi connectivity index (χ0) is 37.6. The highest BCUT2D eigenvalue weighted by atomic mass is 16.4.